The maximum atomic E-state index is 14.7. The molecule has 2 atom stereocenters. The van der Waals surface area contributed by atoms with Crippen LogP contribution in [0.4, 0.5) is 15.3 Å². The first-order valence-electron chi connectivity index (χ1n) is 14.0. The van der Waals surface area contributed by atoms with Crippen molar-refractivity contribution in [2.24, 2.45) is 0 Å². The van der Waals surface area contributed by atoms with Gasteiger partial charge in [0.25, 0.3) is 0 Å². The summed E-state index contributed by atoms with van der Waals surface area (Å²) in [6.45, 7) is 5.01. The molecule has 0 unspecified atom stereocenters. The number of anilines is 2. The number of hydrogen-bond donors (Lipinski definition) is 2. The first kappa shape index (κ1) is 24.3. The molecule has 0 amide bonds. The lowest BCUT2D eigenvalue weighted by atomic mass is 9.95. The van der Waals surface area contributed by atoms with Crippen LogP contribution in [-0.4, -0.2) is 74.8 Å². The van der Waals surface area contributed by atoms with Gasteiger partial charge in [0, 0.05) is 30.6 Å². The average Bonchev–Trinajstić information content (AvgIpc) is 3.79. The predicted molar refractivity (Wildman–Crippen MR) is 151 cm³/mol. The fourth-order valence-corrected chi connectivity index (χ4v) is 8.37. The molecule has 0 aliphatic carbocycles. The zero-order valence-electron chi connectivity index (χ0n) is 22.1. The van der Waals surface area contributed by atoms with Crippen LogP contribution in [0.25, 0.3) is 21.3 Å². The minimum absolute atomic E-state index is 0.0862. The van der Waals surface area contributed by atoms with Gasteiger partial charge in [0.05, 0.1) is 28.7 Å². The molecule has 3 aromatic heterocycles. The molecule has 4 aromatic rings. The Kier molecular flexibility index (Phi) is 5.46. The smallest absolute Gasteiger partial charge is 0.247 e. The lowest BCUT2D eigenvalue weighted by molar-refractivity contribution is 0.111. The highest BCUT2D eigenvalue weighted by Crippen LogP contribution is 2.41. The van der Waals surface area contributed by atoms with Crippen LogP contribution in [0.2, 0.25) is 0 Å². The van der Waals surface area contributed by atoms with Gasteiger partial charge in [-0.25, -0.2) is 9.37 Å². The van der Waals surface area contributed by atoms with Crippen molar-refractivity contribution in [2.45, 2.75) is 56.3 Å². The minimum Gasteiger partial charge on any atom is -0.474 e. The number of nitrogens with two attached hydrogens (primary N) is 1. The minimum atomic E-state index is -0.377. The average molecular weight is 560 g/mol. The third-order valence-electron chi connectivity index (χ3n) is 9.38. The van der Waals surface area contributed by atoms with Crippen molar-refractivity contribution in [3.63, 3.8) is 0 Å². The Balaban J connectivity index is 1.21. The van der Waals surface area contributed by atoms with Crippen LogP contribution in [0.3, 0.4) is 0 Å². The van der Waals surface area contributed by atoms with Crippen molar-refractivity contribution in [3.05, 3.63) is 35.4 Å². The molecule has 206 valence electrons. The van der Waals surface area contributed by atoms with E-state index < -0.39 is 0 Å². The standard InChI is InChI=1S/C28H30FN9OS/c29-20-4-3-16(21-19(10-30)24(31)40-23(20)21)12-36-15-33-22-25(36)34-27(38-13-17-9-18(38)11-32-17)35-26(22)39-14-28-5-1-7-37(28)8-2-6-28/h3-4,15,17-18,32H,1-2,5-9,11-14,31H2/t17-,18-/m0/s1. The van der Waals surface area contributed by atoms with Gasteiger partial charge in [-0.3, -0.25) is 4.90 Å². The van der Waals surface area contributed by atoms with E-state index in [1.807, 2.05) is 4.57 Å². The Bertz CT molecular complexity index is 1680. The number of benzene rings is 1. The van der Waals surface area contributed by atoms with Crippen LogP contribution in [0, 0.1) is 17.1 Å². The van der Waals surface area contributed by atoms with Gasteiger partial charge in [0.15, 0.2) is 11.2 Å². The Labute approximate surface area is 234 Å². The normalized spacial score (nSPS) is 23.4. The molecule has 3 N–H and O–H groups in total. The summed E-state index contributed by atoms with van der Waals surface area (Å²) >= 11 is 1.11. The number of nitrogens with zero attached hydrogens (tertiary/aromatic N) is 7. The maximum absolute atomic E-state index is 14.7. The number of rotatable bonds is 6. The van der Waals surface area contributed by atoms with Crippen molar-refractivity contribution in [2.75, 3.05) is 43.4 Å². The van der Waals surface area contributed by atoms with Crippen molar-refractivity contribution in [3.8, 4) is 11.9 Å². The fraction of sp³-hybridized carbons (Fsp3) is 0.500. The van der Waals surface area contributed by atoms with E-state index in [0.717, 1.165) is 62.3 Å². The van der Waals surface area contributed by atoms with Gasteiger partial charge in [-0.15, -0.1) is 11.3 Å². The molecule has 2 bridgehead atoms. The van der Waals surface area contributed by atoms with Crippen molar-refractivity contribution >= 4 is 43.5 Å². The van der Waals surface area contributed by atoms with Crippen LogP contribution in [0.1, 0.15) is 43.2 Å². The van der Waals surface area contributed by atoms with Crippen LogP contribution in [0.5, 0.6) is 5.88 Å². The second-order valence-electron chi connectivity index (χ2n) is 11.6. The summed E-state index contributed by atoms with van der Waals surface area (Å²) in [5.74, 6) is 0.800. The van der Waals surface area contributed by atoms with Crippen molar-refractivity contribution in [1.82, 2.24) is 29.7 Å². The first-order valence-corrected chi connectivity index (χ1v) is 14.8. The number of nitrogen functional groups attached to an aromatic ring is 1. The Morgan fingerprint density at radius 2 is 2.10 bits per heavy atom. The topological polar surface area (TPSA) is 121 Å². The van der Waals surface area contributed by atoms with E-state index >= 15 is 0 Å². The van der Waals surface area contributed by atoms with Gasteiger partial charge in [0.1, 0.15) is 23.5 Å². The molecule has 4 fully saturated rings. The highest BCUT2D eigenvalue weighted by molar-refractivity contribution is 7.23. The monoisotopic (exact) mass is 559 g/mol. The lowest BCUT2D eigenvalue weighted by Crippen LogP contribution is -2.44. The predicted octanol–water partition coefficient (Wildman–Crippen LogP) is 3.24. The number of imidazole rings is 1. The van der Waals surface area contributed by atoms with Crippen LogP contribution < -0.4 is 20.7 Å². The fourth-order valence-electron chi connectivity index (χ4n) is 7.40. The Morgan fingerprint density at radius 1 is 1.25 bits per heavy atom. The molecule has 0 spiro atoms. The van der Waals surface area contributed by atoms with Crippen molar-refractivity contribution in [1.29, 1.82) is 5.26 Å². The van der Waals surface area contributed by atoms with Gasteiger partial charge < -0.3 is 25.3 Å². The number of ether oxygens (including phenoxy) is 1. The van der Waals surface area contributed by atoms with Gasteiger partial charge in [-0.1, -0.05) is 6.07 Å². The largest absolute Gasteiger partial charge is 0.474 e. The SMILES string of the molecule is N#Cc1c(N)sc2c(F)ccc(Cn3cnc4c(OCC56CCCN5CCC6)nc(N5C[C@@H]6C[C@H]5CN6)nc43)c12. The number of fused-ring (bicyclic) bond motifs is 5. The molecule has 1 aromatic carbocycles. The van der Waals surface area contributed by atoms with E-state index in [9.17, 15) is 9.65 Å². The number of thiophene rings is 1. The number of piperazine rings is 1. The molecular formula is C28H30FN9OS. The first-order chi connectivity index (χ1) is 19.5. The third kappa shape index (κ3) is 3.61. The number of hydrogen-bond acceptors (Lipinski definition) is 10. The molecule has 40 heavy (non-hydrogen) atoms. The van der Waals surface area contributed by atoms with E-state index in [-0.39, 0.29) is 11.4 Å². The Hall–Kier alpha value is -3.53. The van der Waals surface area contributed by atoms with E-state index in [1.165, 1.54) is 18.9 Å². The van der Waals surface area contributed by atoms with E-state index in [4.69, 9.17) is 25.4 Å². The van der Waals surface area contributed by atoms with Crippen LogP contribution >= 0.6 is 11.3 Å². The molecule has 4 saturated heterocycles. The van der Waals surface area contributed by atoms with Gasteiger partial charge in [-0.2, -0.15) is 15.2 Å². The van der Waals surface area contributed by atoms with Gasteiger partial charge in [0.2, 0.25) is 11.8 Å². The van der Waals surface area contributed by atoms with E-state index in [1.54, 1.807) is 12.4 Å². The summed E-state index contributed by atoms with van der Waals surface area (Å²) in [4.78, 5) is 19.5. The Morgan fingerprint density at radius 3 is 2.85 bits per heavy atom. The summed E-state index contributed by atoms with van der Waals surface area (Å²) in [7, 11) is 0. The highest BCUT2D eigenvalue weighted by atomic mass is 32.1. The molecule has 12 heteroatoms. The quantitative estimate of drug-likeness (QED) is 0.367. The van der Waals surface area contributed by atoms with Crippen molar-refractivity contribution < 1.29 is 9.13 Å². The number of nitrogens with one attached hydrogen (secondary N) is 1. The zero-order chi connectivity index (χ0) is 27.0. The summed E-state index contributed by atoms with van der Waals surface area (Å²) in [6, 6.07) is 6.12. The maximum Gasteiger partial charge on any atom is 0.247 e. The zero-order valence-corrected chi connectivity index (χ0v) is 22.9. The van der Waals surface area contributed by atoms with Crippen LogP contribution in [-0.2, 0) is 6.54 Å². The van der Waals surface area contributed by atoms with Gasteiger partial charge >= 0.3 is 0 Å². The van der Waals surface area contributed by atoms with Gasteiger partial charge in [-0.05, 0) is 56.8 Å². The summed E-state index contributed by atoms with van der Waals surface area (Å²) in [6.07, 6.45) is 7.52. The third-order valence-corrected chi connectivity index (χ3v) is 10.4. The highest BCUT2D eigenvalue weighted by Gasteiger charge is 2.45. The van der Waals surface area contributed by atoms with E-state index in [0.29, 0.717) is 68.9 Å². The number of aromatic nitrogens is 4. The molecule has 0 radical (unpaired) electrons. The van der Waals surface area contributed by atoms with Crippen LogP contribution in [0.15, 0.2) is 18.5 Å². The molecule has 8 rings (SSSR count). The number of nitriles is 1. The second-order valence-corrected chi connectivity index (χ2v) is 12.6. The number of halogens is 1. The lowest BCUT2D eigenvalue weighted by Gasteiger charge is -2.32. The summed E-state index contributed by atoms with van der Waals surface area (Å²) in [5.41, 5.74) is 8.57. The molecule has 4 aliphatic rings. The second kappa shape index (κ2) is 8.99. The summed E-state index contributed by atoms with van der Waals surface area (Å²) in [5, 5.41) is 14.2. The molecular weight excluding hydrogens is 529 g/mol. The molecule has 10 nitrogen and oxygen atoms in total. The molecule has 4 aliphatic heterocycles. The molecule has 0 saturated carbocycles. The van der Waals surface area contributed by atoms with E-state index in [2.05, 4.69) is 21.2 Å². The summed E-state index contributed by atoms with van der Waals surface area (Å²) < 4.78 is 23.6. The molecule has 7 heterocycles.